The van der Waals surface area contributed by atoms with E-state index in [9.17, 15) is 18.0 Å². The van der Waals surface area contributed by atoms with Gasteiger partial charge in [0.05, 0.1) is 11.3 Å². The predicted molar refractivity (Wildman–Crippen MR) is 115 cm³/mol. The van der Waals surface area contributed by atoms with E-state index in [4.69, 9.17) is 22.5 Å². The molecule has 0 aromatic heterocycles. The van der Waals surface area contributed by atoms with Crippen LogP contribution < -0.4 is 16.2 Å². The van der Waals surface area contributed by atoms with Crippen molar-refractivity contribution in [3.05, 3.63) is 64.2 Å². The third-order valence-electron chi connectivity index (χ3n) is 5.28. The molecule has 1 aliphatic rings. The van der Waals surface area contributed by atoms with Gasteiger partial charge in [0.15, 0.2) is 0 Å². The molecule has 160 valence electrons. The number of primary amides is 1. The molecule has 0 bridgehead atoms. The zero-order chi connectivity index (χ0) is 22.3. The van der Waals surface area contributed by atoms with Crippen molar-refractivity contribution in [3.8, 4) is 0 Å². The molecule has 0 unspecified atom stereocenters. The number of benzene rings is 2. The standard InChI is InChI=1S/C20H23ClN4O4S/c1-12(2)14-5-3-4-6-16(14)20(10-25(11-20)30(23,28)29)19(27)24-17-8-7-13(21)9-15(17)18(22)26/h3-9,12H,10-11H2,1-2H3,(H2,22,26)(H,24,27)(H2,23,28,29). The van der Waals surface area contributed by atoms with Crippen molar-refractivity contribution in [2.75, 3.05) is 18.4 Å². The van der Waals surface area contributed by atoms with Gasteiger partial charge in [-0.25, -0.2) is 5.14 Å². The molecule has 30 heavy (non-hydrogen) atoms. The normalized spacial score (nSPS) is 16.2. The smallest absolute Gasteiger partial charge is 0.276 e. The highest BCUT2D eigenvalue weighted by molar-refractivity contribution is 7.86. The number of anilines is 1. The van der Waals surface area contributed by atoms with Crippen molar-refractivity contribution >= 4 is 39.3 Å². The molecule has 1 aliphatic heterocycles. The van der Waals surface area contributed by atoms with Crippen molar-refractivity contribution in [1.82, 2.24) is 4.31 Å². The molecule has 0 radical (unpaired) electrons. The highest BCUT2D eigenvalue weighted by Crippen LogP contribution is 2.40. The summed E-state index contributed by atoms with van der Waals surface area (Å²) in [6, 6.07) is 11.8. The minimum absolute atomic E-state index is 0.0609. The molecule has 5 N–H and O–H groups in total. The Labute approximate surface area is 180 Å². The van der Waals surface area contributed by atoms with Crippen molar-refractivity contribution in [1.29, 1.82) is 0 Å². The number of rotatable bonds is 6. The van der Waals surface area contributed by atoms with Crippen molar-refractivity contribution in [2.24, 2.45) is 10.9 Å². The average Bonchev–Trinajstić information content (AvgIpc) is 2.61. The van der Waals surface area contributed by atoms with Crippen LogP contribution in [0.25, 0.3) is 0 Å². The maximum atomic E-state index is 13.5. The molecule has 10 heteroatoms. The predicted octanol–water partition coefficient (Wildman–Crippen LogP) is 1.96. The first-order chi connectivity index (χ1) is 14.0. The van der Waals surface area contributed by atoms with Gasteiger partial charge in [0.25, 0.3) is 16.1 Å². The third-order valence-corrected chi connectivity index (χ3v) is 6.49. The second kappa shape index (κ2) is 7.99. The molecule has 0 atom stereocenters. The number of hydrogen-bond donors (Lipinski definition) is 3. The number of nitrogens with zero attached hydrogens (tertiary/aromatic N) is 1. The zero-order valence-electron chi connectivity index (χ0n) is 16.6. The lowest BCUT2D eigenvalue weighted by atomic mass is 9.71. The molecule has 3 rings (SSSR count). The monoisotopic (exact) mass is 450 g/mol. The molecule has 2 amide bonds. The Morgan fingerprint density at radius 2 is 1.80 bits per heavy atom. The lowest BCUT2D eigenvalue weighted by molar-refractivity contribution is -0.125. The topological polar surface area (TPSA) is 136 Å². The van der Waals surface area contributed by atoms with Gasteiger partial charge in [-0.05, 0) is 35.2 Å². The molecule has 1 saturated heterocycles. The summed E-state index contributed by atoms with van der Waals surface area (Å²) in [6.07, 6.45) is 0. The van der Waals surface area contributed by atoms with Gasteiger partial charge in [-0.15, -0.1) is 0 Å². The fraction of sp³-hybridized carbons (Fsp3) is 0.300. The second-order valence-electron chi connectivity index (χ2n) is 7.65. The summed E-state index contributed by atoms with van der Waals surface area (Å²) in [5, 5.41) is 8.30. The van der Waals surface area contributed by atoms with E-state index in [0.29, 0.717) is 10.6 Å². The fourth-order valence-electron chi connectivity index (χ4n) is 3.68. The van der Waals surface area contributed by atoms with E-state index in [1.807, 2.05) is 32.0 Å². The van der Waals surface area contributed by atoms with E-state index in [2.05, 4.69) is 5.32 Å². The van der Waals surface area contributed by atoms with Crippen LogP contribution in [0.2, 0.25) is 5.02 Å². The molecule has 0 spiro atoms. The Kier molecular flexibility index (Phi) is 5.92. The molecular formula is C20H23ClN4O4S. The minimum Gasteiger partial charge on any atom is -0.366 e. The van der Waals surface area contributed by atoms with Gasteiger partial charge in [-0.1, -0.05) is 49.7 Å². The van der Waals surface area contributed by atoms with Gasteiger partial charge >= 0.3 is 0 Å². The van der Waals surface area contributed by atoms with Crippen LogP contribution in [0.4, 0.5) is 5.69 Å². The lowest BCUT2D eigenvalue weighted by Gasteiger charge is -2.48. The summed E-state index contributed by atoms with van der Waals surface area (Å²) in [5.74, 6) is -1.10. The van der Waals surface area contributed by atoms with Gasteiger partial charge in [0.1, 0.15) is 5.41 Å². The van der Waals surface area contributed by atoms with Crippen molar-refractivity contribution < 1.29 is 18.0 Å². The highest BCUT2D eigenvalue weighted by Gasteiger charge is 2.54. The number of carbonyl (C=O) groups is 2. The maximum absolute atomic E-state index is 13.5. The van der Waals surface area contributed by atoms with Crippen LogP contribution in [-0.4, -0.2) is 37.6 Å². The van der Waals surface area contributed by atoms with Crippen LogP contribution in [0.3, 0.4) is 0 Å². The molecule has 2 aromatic rings. The Morgan fingerprint density at radius 1 is 1.17 bits per heavy atom. The van der Waals surface area contributed by atoms with Gasteiger partial charge in [0, 0.05) is 18.1 Å². The molecule has 0 aliphatic carbocycles. The number of nitrogens with one attached hydrogen (secondary N) is 1. The number of carbonyl (C=O) groups excluding carboxylic acids is 2. The largest absolute Gasteiger partial charge is 0.366 e. The maximum Gasteiger partial charge on any atom is 0.276 e. The number of halogens is 1. The number of hydrogen-bond acceptors (Lipinski definition) is 4. The summed E-state index contributed by atoms with van der Waals surface area (Å²) in [4.78, 5) is 25.3. The highest BCUT2D eigenvalue weighted by atomic mass is 35.5. The first kappa shape index (κ1) is 22.2. The van der Waals surface area contributed by atoms with E-state index >= 15 is 0 Å². The van der Waals surface area contributed by atoms with Crippen molar-refractivity contribution in [2.45, 2.75) is 25.2 Å². The average molecular weight is 451 g/mol. The van der Waals surface area contributed by atoms with Gasteiger partial charge in [0.2, 0.25) is 5.91 Å². The van der Waals surface area contributed by atoms with E-state index in [1.165, 1.54) is 18.2 Å². The molecule has 0 saturated carbocycles. The number of nitrogens with two attached hydrogens (primary N) is 2. The minimum atomic E-state index is -3.95. The van der Waals surface area contributed by atoms with Crippen LogP contribution >= 0.6 is 11.6 Å². The fourth-order valence-corrected chi connectivity index (χ4v) is 4.65. The third kappa shape index (κ3) is 4.06. The summed E-state index contributed by atoms with van der Waals surface area (Å²) in [7, 11) is -3.95. The van der Waals surface area contributed by atoms with E-state index < -0.39 is 27.4 Å². The van der Waals surface area contributed by atoms with Crippen molar-refractivity contribution in [3.63, 3.8) is 0 Å². The summed E-state index contributed by atoms with van der Waals surface area (Å²) in [5.41, 5.74) is 6.15. The number of amides is 2. The summed E-state index contributed by atoms with van der Waals surface area (Å²) >= 11 is 5.94. The lowest BCUT2D eigenvalue weighted by Crippen LogP contribution is -2.67. The van der Waals surface area contributed by atoms with Crippen LogP contribution in [0, 0.1) is 0 Å². The van der Waals surface area contributed by atoms with Gasteiger partial charge in [-0.2, -0.15) is 12.7 Å². The van der Waals surface area contributed by atoms with Crippen LogP contribution in [-0.2, 0) is 20.4 Å². The SMILES string of the molecule is CC(C)c1ccccc1C1(C(=O)Nc2ccc(Cl)cc2C(N)=O)CN(S(N)(=O)=O)C1. The Hall–Kier alpha value is -2.46. The first-order valence-electron chi connectivity index (χ1n) is 9.24. The second-order valence-corrected chi connectivity index (χ2v) is 9.63. The Morgan fingerprint density at radius 3 is 2.37 bits per heavy atom. The van der Waals surface area contributed by atoms with E-state index in [-0.39, 0.29) is 30.3 Å². The first-order valence-corrected chi connectivity index (χ1v) is 11.1. The molecule has 8 nitrogen and oxygen atoms in total. The molecule has 1 heterocycles. The summed E-state index contributed by atoms with van der Waals surface area (Å²) < 4.78 is 24.7. The van der Waals surface area contributed by atoms with E-state index in [0.717, 1.165) is 9.87 Å². The zero-order valence-corrected chi connectivity index (χ0v) is 18.1. The summed E-state index contributed by atoms with van der Waals surface area (Å²) in [6.45, 7) is 3.76. The van der Waals surface area contributed by atoms with Crippen LogP contribution in [0.1, 0.15) is 41.3 Å². The van der Waals surface area contributed by atoms with Crippen LogP contribution in [0.15, 0.2) is 42.5 Å². The van der Waals surface area contributed by atoms with Gasteiger partial charge < -0.3 is 11.1 Å². The molecule has 1 fully saturated rings. The quantitative estimate of drug-likeness (QED) is 0.619. The Bertz CT molecular complexity index is 1110. The molecular weight excluding hydrogens is 428 g/mol. The Balaban J connectivity index is 2.06. The van der Waals surface area contributed by atoms with Gasteiger partial charge in [-0.3, -0.25) is 9.59 Å². The molecule has 2 aromatic carbocycles. The van der Waals surface area contributed by atoms with Crippen LogP contribution in [0.5, 0.6) is 0 Å². The van der Waals surface area contributed by atoms with E-state index in [1.54, 1.807) is 6.07 Å².